The molecular weight excluding hydrogens is 475 g/mol. The average Bonchev–Trinajstić information content (AvgIpc) is 2.65. The first-order valence-electron chi connectivity index (χ1n) is 8.76. The van der Waals surface area contributed by atoms with Crippen molar-refractivity contribution in [2.75, 3.05) is 13.1 Å². The lowest BCUT2D eigenvalue weighted by molar-refractivity contribution is 0.0956. The fraction of sp³-hybridized carbons (Fsp3) is 0.300. The highest BCUT2D eigenvalue weighted by Gasteiger charge is 2.04. The van der Waals surface area contributed by atoms with Crippen molar-refractivity contribution in [3.05, 3.63) is 70.2 Å². The molecule has 0 aliphatic carbocycles. The summed E-state index contributed by atoms with van der Waals surface area (Å²) in [6.07, 6.45) is 0. The predicted octanol–water partition coefficient (Wildman–Crippen LogP) is 3.96. The lowest BCUT2D eigenvalue weighted by Crippen LogP contribution is -2.36. The van der Waals surface area contributed by atoms with Gasteiger partial charge in [-0.3, -0.25) is 4.79 Å². The molecular formula is C20H26ClIN4O. The molecule has 0 saturated carbocycles. The number of amides is 1. The Morgan fingerprint density at radius 1 is 0.963 bits per heavy atom. The number of rotatable bonds is 7. The van der Waals surface area contributed by atoms with Crippen LogP contribution in [0.1, 0.15) is 35.3 Å². The molecule has 0 heterocycles. The van der Waals surface area contributed by atoms with Crippen LogP contribution in [-0.2, 0) is 13.1 Å². The van der Waals surface area contributed by atoms with E-state index in [-0.39, 0.29) is 29.9 Å². The Kier molecular flexibility index (Phi) is 10.8. The van der Waals surface area contributed by atoms with E-state index >= 15 is 0 Å². The number of guanidine groups is 1. The van der Waals surface area contributed by atoms with Crippen molar-refractivity contribution in [1.82, 2.24) is 16.0 Å². The van der Waals surface area contributed by atoms with Gasteiger partial charge in [0.2, 0.25) is 0 Å². The van der Waals surface area contributed by atoms with Gasteiger partial charge >= 0.3 is 0 Å². The minimum Gasteiger partial charge on any atom is -0.357 e. The predicted molar refractivity (Wildman–Crippen MR) is 123 cm³/mol. The molecule has 27 heavy (non-hydrogen) atoms. The zero-order valence-electron chi connectivity index (χ0n) is 15.6. The summed E-state index contributed by atoms with van der Waals surface area (Å²) in [6, 6.07) is 15.2. The van der Waals surface area contributed by atoms with Crippen LogP contribution < -0.4 is 16.0 Å². The number of hydrogen-bond donors (Lipinski definition) is 3. The van der Waals surface area contributed by atoms with Crippen molar-refractivity contribution < 1.29 is 4.79 Å². The number of carbonyl (C=O) groups excluding carboxylic acids is 1. The third-order valence-electron chi connectivity index (χ3n) is 3.67. The molecule has 7 heteroatoms. The molecule has 2 aromatic carbocycles. The summed E-state index contributed by atoms with van der Waals surface area (Å²) in [4.78, 5) is 16.4. The molecule has 2 rings (SSSR count). The number of nitrogens with zero attached hydrogens (tertiary/aromatic N) is 1. The summed E-state index contributed by atoms with van der Waals surface area (Å²) < 4.78 is 0. The normalized spacial score (nSPS) is 10.7. The molecule has 0 unspecified atom stereocenters. The zero-order chi connectivity index (χ0) is 18.8. The van der Waals surface area contributed by atoms with Crippen molar-refractivity contribution in [3.8, 4) is 0 Å². The van der Waals surface area contributed by atoms with Gasteiger partial charge in [0, 0.05) is 30.2 Å². The second kappa shape index (κ2) is 12.6. The number of benzene rings is 2. The standard InChI is InChI=1S/C20H25ClN4O.HI/c1-3-22-19(26)17-10-8-15(9-11-17)13-24-20(23-4-2)25-14-16-6-5-7-18(21)12-16;/h5-12H,3-4,13-14H2,1-2H3,(H,22,26)(H2,23,24,25);1H. The Balaban J connectivity index is 0.00000364. The maximum atomic E-state index is 11.8. The van der Waals surface area contributed by atoms with E-state index in [9.17, 15) is 4.79 Å². The molecule has 0 aliphatic rings. The van der Waals surface area contributed by atoms with Crippen LogP contribution in [0.2, 0.25) is 5.02 Å². The van der Waals surface area contributed by atoms with E-state index in [2.05, 4.69) is 20.9 Å². The molecule has 0 radical (unpaired) electrons. The van der Waals surface area contributed by atoms with Crippen LogP contribution >= 0.6 is 35.6 Å². The summed E-state index contributed by atoms with van der Waals surface area (Å²) in [5.74, 6) is 0.684. The molecule has 1 amide bonds. The van der Waals surface area contributed by atoms with Crippen molar-refractivity contribution in [3.63, 3.8) is 0 Å². The van der Waals surface area contributed by atoms with E-state index in [0.29, 0.717) is 30.2 Å². The second-order valence-electron chi connectivity index (χ2n) is 5.74. The molecule has 146 valence electrons. The Hall–Kier alpha value is -1.80. The topological polar surface area (TPSA) is 65.5 Å². The highest BCUT2D eigenvalue weighted by Crippen LogP contribution is 2.11. The van der Waals surface area contributed by atoms with Crippen LogP contribution in [0.5, 0.6) is 0 Å². The summed E-state index contributed by atoms with van der Waals surface area (Å²) in [7, 11) is 0. The lowest BCUT2D eigenvalue weighted by Gasteiger charge is -2.12. The van der Waals surface area contributed by atoms with E-state index in [0.717, 1.165) is 23.6 Å². The summed E-state index contributed by atoms with van der Waals surface area (Å²) in [5, 5.41) is 10.0. The molecule has 0 fully saturated rings. The Bertz CT molecular complexity index is 750. The van der Waals surface area contributed by atoms with Crippen LogP contribution in [0, 0.1) is 0 Å². The van der Waals surface area contributed by atoms with Gasteiger partial charge in [-0.1, -0.05) is 35.9 Å². The van der Waals surface area contributed by atoms with Gasteiger partial charge in [-0.25, -0.2) is 4.99 Å². The quantitative estimate of drug-likeness (QED) is 0.306. The lowest BCUT2D eigenvalue weighted by atomic mass is 10.1. The van der Waals surface area contributed by atoms with Crippen molar-refractivity contribution in [2.45, 2.75) is 26.9 Å². The molecule has 0 spiro atoms. The van der Waals surface area contributed by atoms with Gasteiger partial charge in [-0.15, -0.1) is 24.0 Å². The van der Waals surface area contributed by atoms with Gasteiger partial charge in [-0.05, 0) is 49.2 Å². The van der Waals surface area contributed by atoms with E-state index in [4.69, 9.17) is 11.6 Å². The van der Waals surface area contributed by atoms with Crippen molar-refractivity contribution in [2.24, 2.45) is 4.99 Å². The number of halogens is 2. The van der Waals surface area contributed by atoms with Gasteiger partial charge < -0.3 is 16.0 Å². The first-order valence-corrected chi connectivity index (χ1v) is 9.14. The summed E-state index contributed by atoms with van der Waals surface area (Å²) in [5.41, 5.74) is 2.80. The first-order chi connectivity index (χ1) is 12.6. The van der Waals surface area contributed by atoms with Gasteiger partial charge in [0.25, 0.3) is 5.91 Å². The van der Waals surface area contributed by atoms with E-state index in [1.807, 2.05) is 62.4 Å². The maximum Gasteiger partial charge on any atom is 0.251 e. The fourth-order valence-electron chi connectivity index (χ4n) is 2.37. The van der Waals surface area contributed by atoms with Gasteiger partial charge in [0.1, 0.15) is 0 Å². The van der Waals surface area contributed by atoms with E-state index in [1.165, 1.54) is 0 Å². The van der Waals surface area contributed by atoms with Crippen LogP contribution in [0.3, 0.4) is 0 Å². The molecule has 0 saturated heterocycles. The number of nitrogens with one attached hydrogen (secondary N) is 3. The molecule has 0 atom stereocenters. The Labute approximate surface area is 183 Å². The summed E-state index contributed by atoms with van der Waals surface area (Å²) in [6.45, 7) is 6.50. The monoisotopic (exact) mass is 500 g/mol. The molecule has 0 bridgehead atoms. The fourth-order valence-corrected chi connectivity index (χ4v) is 2.58. The number of hydrogen-bond acceptors (Lipinski definition) is 2. The third kappa shape index (κ3) is 8.17. The molecule has 0 aromatic heterocycles. The number of carbonyl (C=O) groups is 1. The van der Waals surface area contributed by atoms with Gasteiger partial charge in [0.05, 0.1) is 6.54 Å². The zero-order valence-corrected chi connectivity index (χ0v) is 18.7. The highest BCUT2D eigenvalue weighted by molar-refractivity contribution is 14.0. The van der Waals surface area contributed by atoms with Crippen molar-refractivity contribution >= 4 is 47.4 Å². The van der Waals surface area contributed by atoms with Crippen LogP contribution in [0.25, 0.3) is 0 Å². The van der Waals surface area contributed by atoms with E-state index in [1.54, 1.807) is 0 Å². The largest absolute Gasteiger partial charge is 0.357 e. The Morgan fingerprint density at radius 2 is 1.67 bits per heavy atom. The summed E-state index contributed by atoms with van der Waals surface area (Å²) >= 11 is 6.01. The molecule has 0 aliphatic heterocycles. The highest BCUT2D eigenvalue weighted by atomic mass is 127. The average molecular weight is 501 g/mol. The second-order valence-corrected chi connectivity index (χ2v) is 6.17. The van der Waals surface area contributed by atoms with Crippen LogP contribution in [0.15, 0.2) is 53.5 Å². The third-order valence-corrected chi connectivity index (χ3v) is 3.90. The smallest absolute Gasteiger partial charge is 0.251 e. The Morgan fingerprint density at radius 3 is 2.30 bits per heavy atom. The molecule has 3 N–H and O–H groups in total. The SMILES string of the molecule is CCNC(=O)c1ccc(CNC(=NCc2cccc(Cl)c2)NCC)cc1.I. The molecule has 2 aromatic rings. The van der Waals surface area contributed by atoms with Gasteiger partial charge in [0.15, 0.2) is 5.96 Å². The van der Waals surface area contributed by atoms with E-state index < -0.39 is 0 Å². The number of aliphatic imine (C=N–C) groups is 1. The minimum absolute atomic E-state index is 0. The van der Waals surface area contributed by atoms with Crippen LogP contribution in [0.4, 0.5) is 0 Å². The van der Waals surface area contributed by atoms with Crippen molar-refractivity contribution in [1.29, 1.82) is 0 Å². The maximum absolute atomic E-state index is 11.8. The van der Waals surface area contributed by atoms with Crippen LogP contribution in [-0.4, -0.2) is 25.0 Å². The molecule has 5 nitrogen and oxygen atoms in total. The van der Waals surface area contributed by atoms with Gasteiger partial charge in [-0.2, -0.15) is 0 Å². The first kappa shape index (κ1) is 23.2. The minimum atomic E-state index is -0.0524.